The van der Waals surface area contributed by atoms with Crippen molar-refractivity contribution in [2.24, 2.45) is 23.7 Å². The highest BCUT2D eigenvalue weighted by molar-refractivity contribution is 5.85. The molecule has 4 fully saturated rings. The number of esters is 1. The molecule has 16 nitrogen and oxygen atoms in total. The zero-order valence-electron chi connectivity index (χ0n) is 40.5. The maximum absolute atomic E-state index is 15.0. The van der Waals surface area contributed by atoms with Crippen LogP contribution in [0.1, 0.15) is 100 Å². The van der Waals surface area contributed by atoms with E-state index in [1.807, 2.05) is 96.1 Å². The maximum Gasteiger partial charge on any atom is 0.425 e. The van der Waals surface area contributed by atoms with Gasteiger partial charge in [-0.05, 0) is 80.5 Å². The molecular weight excluding hydrogens is 827 g/mol. The molecular formula is C48H77N3O13. The Bertz CT molecular complexity index is 1750. The predicted octanol–water partition coefficient (Wildman–Crippen LogP) is 5.13. The molecule has 1 amide bonds. The van der Waals surface area contributed by atoms with Crippen LogP contribution < -0.4 is 5.43 Å². The number of benzene rings is 1. The minimum Gasteiger partial charge on any atom is -0.458 e. The van der Waals surface area contributed by atoms with Gasteiger partial charge in [0.1, 0.15) is 30.1 Å². The van der Waals surface area contributed by atoms with Crippen molar-refractivity contribution >= 4 is 23.9 Å². The third kappa shape index (κ3) is 10.9. The molecule has 5 rings (SSSR count). The van der Waals surface area contributed by atoms with Crippen LogP contribution in [-0.4, -0.2) is 157 Å². The quantitative estimate of drug-likeness (QED) is 0.235. The van der Waals surface area contributed by atoms with Crippen molar-refractivity contribution in [3.05, 3.63) is 42.0 Å². The number of amides is 1. The van der Waals surface area contributed by atoms with E-state index in [1.54, 1.807) is 41.7 Å². The molecule has 16 heteroatoms. The number of rotatable bonds is 12. The van der Waals surface area contributed by atoms with Crippen LogP contribution >= 0.6 is 0 Å². The van der Waals surface area contributed by atoms with E-state index >= 15 is 0 Å². The van der Waals surface area contributed by atoms with Crippen LogP contribution in [0.25, 0.3) is 6.08 Å². The van der Waals surface area contributed by atoms with E-state index in [1.165, 1.54) is 12.1 Å². The number of methoxy groups -OCH3 is 2. The van der Waals surface area contributed by atoms with E-state index in [0.29, 0.717) is 6.42 Å². The molecule has 64 heavy (non-hydrogen) atoms. The Labute approximate surface area is 380 Å². The largest absolute Gasteiger partial charge is 0.458 e. The summed E-state index contributed by atoms with van der Waals surface area (Å²) < 4.78 is 51.4. The highest BCUT2D eigenvalue weighted by Gasteiger charge is 2.61. The van der Waals surface area contributed by atoms with Crippen LogP contribution in [0.15, 0.2) is 36.4 Å². The molecule has 0 radical (unpaired) electrons. The zero-order valence-corrected chi connectivity index (χ0v) is 40.5. The number of hydrogen-bond donors (Lipinski definition) is 3. The Balaban J connectivity index is 1.61. The molecule has 18 atom stereocenters. The fourth-order valence-electron chi connectivity index (χ4n) is 10.6. The number of cyclic esters (lactones) is 1. The summed E-state index contributed by atoms with van der Waals surface area (Å²) >= 11 is 0. The fraction of sp³-hybridized carbons (Fsp3) is 0.771. The maximum atomic E-state index is 15.0. The average molecular weight is 904 g/mol. The zero-order chi connectivity index (χ0) is 47.5. The van der Waals surface area contributed by atoms with Gasteiger partial charge in [0, 0.05) is 51.0 Å². The molecule has 4 saturated heterocycles. The van der Waals surface area contributed by atoms with Crippen molar-refractivity contribution < 1.29 is 62.5 Å². The first kappa shape index (κ1) is 51.9. The first-order chi connectivity index (χ1) is 30.0. The summed E-state index contributed by atoms with van der Waals surface area (Å²) in [5.41, 5.74) is 0.395. The van der Waals surface area contributed by atoms with Gasteiger partial charge in [0.05, 0.1) is 41.5 Å². The highest BCUT2D eigenvalue weighted by atomic mass is 16.7. The van der Waals surface area contributed by atoms with Gasteiger partial charge < -0.3 is 53.0 Å². The molecule has 4 aliphatic rings. The van der Waals surface area contributed by atoms with Crippen molar-refractivity contribution in [1.29, 1.82) is 0 Å². The molecule has 0 bridgehead atoms. The molecule has 4 aliphatic heterocycles. The monoisotopic (exact) mass is 904 g/mol. The molecule has 362 valence electrons. The van der Waals surface area contributed by atoms with Gasteiger partial charge in [0.2, 0.25) is 0 Å². The number of carbonyl (C=O) groups excluding carboxylic acids is 3. The van der Waals surface area contributed by atoms with Crippen molar-refractivity contribution in [3.63, 3.8) is 0 Å². The van der Waals surface area contributed by atoms with E-state index < -0.39 is 108 Å². The van der Waals surface area contributed by atoms with Crippen molar-refractivity contribution in [2.75, 3.05) is 34.9 Å². The van der Waals surface area contributed by atoms with E-state index in [2.05, 4.69) is 5.43 Å². The smallest absolute Gasteiger partial charge is 0.425 e. The summed E-state index contributed by atoms with van der Waals surface area (Å²) in [4.78, 5) is 45.7. The predicted molar refractivity (Wildman–Crippen MR) is 238 cm³/mol. The first-order valence-electron chi connectivity index (χ1n) is 23.0. The Hall–Kier alpha value is -3.03. The number of hydrogen-bond acceptors (Lipinski definition) is 15. The second-order valence-corrected chi connectivity index (χ2v) is 19.5. The molecule has 0 saturated carbocycles. The van der Waals surface area contributed by atoms with Crippen LogP contribution in [-0.2, 0) is 47.5 Å². The van der Waals surface area contributed by atoms with Crippen molar-refractivity contribution in [2.45, 2.75) is 179 Å². The van der Waals surface area contributed by atoms with Crippen LogP contribution in [0.5, 0.6) is 0 Å². The lowest BCUT2D eigenvalue weighted by Crippen LogP contribution is -2.62. The number of nitrogens with zero attached hydrogens (tertiary/aromatic N) is 2. The highest BCUT2D eigenvalue weighted by Crippen LogP contribution is 2.44. The Morgan fingerprint density at radius 1 is 0.906 bits per heavy atom. The van der Waals surface area contributed by atoms with E-state index in [9.17, 15) is 24.6 Å². The number of Topliss-reactive ketones (excluding diaryl/α,β-unsaturated/α-hetero) is 1. The number of aliphatic hydroxyl groups excluding tert-OH is 2. The van der Waals surface area contributed by atoms with Gasteiger partial charge >= 0.3 is 12.1 Å². The van der Waals surface area contributed by atoms with Crippen LogP contribution in [0, 0.1) is 23.7 Å². The molecule has 0 aromatic heterocycles. The number of hydrazine groups is 1. The summed E-state index contributed by atoms with van der Waals surface area (Å²) in [5, 5.41) is 24.2. The van der Waals surface area contributed by atoms with Gasteiger partial charge in [0.25, 0.3) is 0 Å². The molecule has 4 heterocycles. The Kier molecular flexibility index (Phi) is 17.3. The third-order valence-electron chi connectivity index (χ3n) is 14.5. The molecule has 1 aromatic rings. The standard InChI is InChI=1S/C48H77N3O13/c1-15-35-48(10)40(51(45(56)64-48)49-23-19-22-33-20-17-16-18-21-33)29(4)37(52)27(2)25-47(9,58-14)42(63-44-38(53)34(50(11)12)24-28(3)59-44)30(5)39(31(6)43(55)61-35)62-36-26-46(8,57-13)41(54)32(7)60-36/h16-22,27-32,34-36,38-42,44,49,53-54H,15,23-26H2,1-14H3/b22-19+/t27-,28?,29+,30+,31-,32?,34?,35-,36?,38?,39+,40-,41?,42-,44?,46?,47-,48-/m1/s1. The Morgan fingerprint density at radius 3 is 2.17 bits per heavy atom. The fourth-order valence-corrected chi connectivity index (χ4v) is 10.6. The minimum absolute atomic E-state index is 0.125. The van der Waals surface area contributed by atoms with Gasteiger partial charge in [0.15, 0.2) is 18.2 Å². The van der Waals surface area contributed by atoms with Gasteiger partial charge in [-0.1, -0.05) is 70.2 Å². The molecule has 8 unspecified atom stereocenters. The van der Waals surface area contributed by atoms with Crippen LogP contribution in [0.2, 0.25) is 0 Å². The first-order valence-corrected chi connectivity index (χ1v) is 23.0. The van der Waals surface area contributed by atoms with Gasteiger partial charge in [-0.2, -0.15) is 0 Å². The van der Waals surface area contributed by atoms with E-state index in [4.69, 9.17) is 37.9 Å². The number of nitrogens with one attached hydrogen (secondary N) is 1. The normalized spacial score (nSPS) is 42.9. The SMILES string of the molecule is CC[C@H]1OC(=O)[C@H](C)[C@@H](OC2CC(C)(OC)C(O)C(C)O2)[C@H](C)[C@@H](OC2OC(C)CC(N(C)C)C2O)[C@](C)(OC)C[C@@H](C)C(=O)[C@H](C)[C@H]2N(NC/C=C/c3ccccc3)C(=O)O[C@]12C. The molecule has 0 aliphatic carbocycles. The van der Waals surface area contributed by atoms with E-state index in [-0.39, 0.29) is 43.7 Å². The number of likely N-dealkylation sites (N-methyl/N-ethyl adjacent to an activating group) is 1. The molecule has 1 aromatic carbocycles. The van der Waals surface area contributed by atoms with Gasteiger partial charge in [-0.3, -0.25) is 9.59 Å². The van der Waals surface area contributed by atoms with Crippen molar-refractivity contribution in [3.8, 4) is 0 Å². The molecule has 3 N–H and O–H groups in total. The number of fused-ring (bicyclic) bond motifs is 1. The lowest BCUT2D eigenvalue weighted by molar-refractivity contribution is -0.319. The second kappa shape index (κ2) is 21.3. The summed E-state index contributed by atoms with van der Waals surface area (Å²) in [5.74, 6) is -4.03. The average Bonchev–Trinajstić information content (AvgIpc) is 3.52. The number of aliphatic hydroxyl groups is 2. The van der Waals surface area contributed by atoms with E-state index in [0.717, 1.165) is 5.56 Å². The summed E-state index contributed by atoms with van der Waals surface area (Å²) in [6, 6.07) is 8.53. The number of ether oxygens (including phenoxy) is 8. The summed E-state index contributed by atoms with van der Waals surface area (Å²) in [6.07, 6.45) is -3.87. The molecule has 0 spiro atoms. The minimum atomic E-state index is -1.47. The van der Waals surface area contributed by atoms with Gasteiger partial charge in [-0.15, -0.1) is 0 Å². The lowest BCUT2D eigenvalue weighted by atomic mass is 9.73. The van der Waals surface area contributed by atoms with Crippen molar-refractivity contribution in [1.82, 2.24) is 15.3 Å². The number of ketones is 1. The third-order valence-corrected chi connectivity index (χ3v) is 14.5. The van der Waals surface area contributed by atoms with Gasteiger partial charge in [-0.25, -0.2) is 15.2 Å². The van der Waals surface area contributed by atoms with Crippen LogP contribution in [0.4, 0.5) is 4.79 Å². The Morgan fingerprint density at radius 2 is 1.56 bits per heavy atom. The summed E-state index contributed by atoms with van der Waals surface area (Å²) in [7, 11) is 6.85. The second-order valence-electron chi connectivity index (χ2n) is 19.5. The lowest BCUT2D eigenvalue weighted by Gasteiger charge is -2.50. The van der Waals surface area contributed by atoms with Crippen LogP contribution in [0.3, 0.4) is 0 Å². The number of carbonyl (C=O) groups is 3. The topological polar surface area (TPSA) is 184 Å². The summed E-state index contributed by atoms with van der Waals surface area (Å²) in [6.45, 7) is 18.3.